The summed E-state index contributed by atoms with van der Waals surface area (Å²) in [4.78, 5) is 12.6. The average Bonchev–Trinajstić information content (AvgIpc) is 2.94. The molecule has 0 fully saturated rings. The maximum absolute atomic E-state index is 12.6. The van der Waals surface area contributed by atoms with Gasteiger partial charge in [-0.1, -0.05) is 124 Å². The van der Waals surface area contributed by atoms with Gasteiger partial charge in [-0.25, -0.2) is 9.39 Å². The molecule has 0 aromatic heterocycles. The van der Waals surface area contributed by atoms with Crippen LogP contribution in [0.25, 0.3) is 0 Å². The summed E-state index contributed by atoms with van der Waals surface area (Å²) in [5.74, 6) is -0.972. The number of carboxylic acids is 1. The fourth-order valence-corrected chi connectivity index (χ4v) is 6.23. The number of unbranched alkanes of at least 4 members (excludes halogenated alkanes) is 14. The molecule has 0 heterocycles. The molecule has 8 heteroatoms. The summed E-state index contributed by atoms with van der Waals surface area (Å²) in [5.41, 5.74) is 0. The molecule has 0 spiro atoms. The SMILES string of the molecule is CCCCCCCCCCC(O)CN(CCO)[N+](CCO)(CC(O)CCCCCCCCCC)C(CCC)C(=O)O. The average molecular weight is 590 g/mol. The van der Waals surface area contributed by atoms with E-state index in [0.717, 1.165) is 38.5 Å². The van der Waals surface area contributed by atoms with E-state index in [0.29, 0.717) is 25.7 Å². The quantitative estimate of drug-likeness (QED) is 0.0380. The normalized spacial score (nSPS) is 15.6. The van der Waals surface area contributed by atoms with Gasteiger partial charge in [0, 0.05) is 6.42 Å². The molecule has 0 aliphatic rings. The van der Waals surface area contributed by atoms with Crippen molar-refractivity contribution in [3.63, 3.8) is 0 Å². The molecule has 41 heavy (non-hydrogen) atoms. The second-order valence-corrected chi connectivity index (χ2v) is 12.2. The molecular formula is C33H69N2O6+. The van der Waals surface area contributed by atoms with E-state index >= 15 is 0 Å². The predicted octanol–water partition coefficient (Wildman–Crippen LogP) is 6.04. The summed E-state index contributed by atoms with van der Waals surface area (Å²) < 4.78 is -0.146. The van der Waals surface area contributed by atoms with Gasteiger partial charge >= 0.3 is 5.97 Å². The van der Waals surface area contributed by atoms with Crippen molar-refractivity contribution >= 4 is 5.97 Å². The number of quaternary nitrogens is 1. The summed E-state index contributed by atoms with van der Waals surface area (Å²) in [6.45, 7) is 6.58. The molecule has 5 N–H and O–H groups in total. The first-order chi connectivity index (χ1) is 19.8. The molecule has 0 saturated carbocycles. The fourth-order valence-electron chi connectivity index (χ4n) is 6.23. The number of aliphatic carboxylic acids is 1. The fraction of sp³-hybridized carbons (Fsp3) is 0.970. The Morgan fingerprint density at radius 3 is 1.51 bits per heavy atom. The van der Waals surface area contributed by atoms with Gasteiger partial charge in [0.2, 0.25) is 6.04 Å². The summed E-state index contributed by atoms with van der Waals surface area (Å²) in [7, 11) is 0. The molecule has 0 amide bonds. The first kappa shape index (κ1) is 40.2. The van der Waals surface area contributed by atoms with Crippen molar-refractivity contribution in [3.05, 3.63) is 0 Å². The highest BCUT2D eigenvalue weighted by atomic mass is 16.4. The Morgan fingerprint density at radius 1 is 0.634 bits per heavy atom. The van der Waals surface area contributed by atoms with Crippen LogP contribution in [0.5, 0.6) is 0 Å². The van der Waals surface area contributed by atoms with Crippen LogP contribution in [0.4, 0.5) is 0 Å². The van der Waals surface area contributed by atoms with Gasteiger partial charge < -0.3 is 25.5 Å². The summed E-state index contributed by atoms with van der Waals surface area (Å²) >= 11 is 0. The minimum absolute atomic E-state index is 0.121. The molecule has 0 saturated heterocycles. The lowest BCUT2D eigenvalue weighted by Crippen LogP contribution is -2.71. The van der Waals surface area contributed by atoms with Crippen LogP contribution in [0.3, 0.4) is 0 Å². The summed E-state index contributed by atoms with van der Waals surface area (Å²) in [6.07, 6.45) is 19.5. The molecule has 0 radical (unpaired) electrons. The van der Waals surface area contributed by atoms with Gasteiger partial charge in [0.25, 0.3) is 0 Å². The molecule has 4 unspecified atom stereocenters. The number of nitrogens with zero attached hydrogens (tertiary/aromatic N) is 2. The smallest absolute Gasteiger partial charge is 0.364 e. The van der Waals surface area contributed by atoms with E-state index in [4.69, 9.17) is 0 Å². The molecule has 0 aliphatic carbocycles. The van der Waals surface area contributed by atoms with Gasteiger partial charge in [0.1, 0.15) is 19.2 Å². The second kappa shape index (κ2) is 26.8. The Balaban J connectivity index is 5.39. The van der Waals surface area contributed by atoms with E-state index in [1.807, 2.05) is 11.9 Å². The van der Waals surface area contributed by atoms with Crippen molar-refractivity contribution in [1.29, 1.82) is 0 Å². The molecule has 0 aromatic carbocycles. The zero-order chi connectivity index (χ0) is 30.8. The number of aliphatic hydroxyl groups excluding tert-OH is 4. The van der Waals surface area contributed by atoms with Gasteiger partial charge in [0.05, 0.1) is 32.4 Å². The van der Waals surface area contributed by atoms with Crippen molar-refractivity contribution in [2.75, 3.05) is 39.4 Å². The molecule has 246 valence electrons. The first-order valence-electron chi connectivity index (χ1n) is 17.3. The lowest BCUT2D eigenvalue weighted by molar-refractivity contribution is -1.05. The largest absolute Gasteiger partial charge is 0.477 e. The molecule has 0 rings (SSSR count). The number of hydrogen-bond acceptors (Lipinski definition) is 6. The van der Waals surface area contributed by atoms with E-state index in [9.17, 15) is 30.3 Å². The number of rotatable bonds is 31. The monoisotopic (exact) mass is 590 g/mol. The second-order valence-electron chi connectivity index (χ2n) is 12.2. The zero-order valence-electron chi connectivity index (χ0n) is 27.2. The molecule has 0 aromatic rings. The maximum Gasteiger partial charge on any atom is 0.364 e. The maximum atomic E-state index is 12.6. The van der Waals surface area contributed by atoms with Crippen molar-refractivity contribution in [2.24, 2.45) is 0 Å². The third-order valence-electron chi connectivity index (χ3n) is 8.57. The van der Waals surface area contributed by atoms with Crippen molar-refractivity contribution < 1.29 is 34.9 Å². The lowest BCUT2D eigenvalue weighted by Gasteiger charge is -2.50. The van der Waals surface area contributed by atoms with Crippen molar-refractivity contribution in [1.82, 2.24) is 5.01 Å². The third-order valence-corrected chi connectivity index (χ3v) is 8.57. The Bertz CT molecular complexity index is 596. The Morgan fingerprint density at radius 2 is 1.10 bits per heavy atom. The molecule has 4 atom stereocenters. The zero-order valence-corrected chi connectivity index (χ0v) is 27.2. The van der Waals surface area contributed by atoms with E-state index in [1.54, 1.807) is 0 Å². The highest BCUT2D eigenvalue weighted by Gasteiger charge is 2.48. The van der Waals surface area contributed by atoms with Crippen LogP contribution in [0.2, 0.25) is 0 Å². The summed E-state index contributed by atoms with van der Waals surface area (Å²) in [5, 5.41) is 54.4. The Labute approximate surface area is 252 Å². The van der Waals surface area contributed by atoms with Gasteiger partial charge in [-0.2, -0.15) is 0 Å². The minimum Gasteiger partial charge on any atom is -0.477 e. The van der Waals surface area contributed by atoms with Crippen molar-refractivity contribution in [2.45, 2.75) is 167 Å². The van der Waals surface area contributed by atoms with E-state index < -0.39 is 24.2 Å². The van der Waals surface area contributed by atoms with Gasteiger partial charge in [-0.05, 0) is 19.3 Å². The highest BCUT2D eigenvalue weighted by Crippen LogP contribution is 2.26. The minimum atomic E-state index is -0.972. The van der Waals surface area contributed by atoms with Gasteiger partial charge in [0.15, 0.2) is 0 Å². The van der Waals surface area contributed by atoms with Gasteiger partial charge in [-0.15, -0.1) is 5.01 Å². The number of aliphatic hydroxyl groups is 4. The standard InChI is InChI=1S/C33H68N2O6/c1-4-7-9-11-13-15-17-19-22-30(38)28-34(24-26-36)35(25-27-37,32(21-6-3)33(40)41)29-31(39)23-20-18-16-14-12-10-8-5-2/h30-32,36-39H,4-29H2,1-3H3/p+1. The predicted molar refractivity (Wildman–Crippen MR) is 169 cm³/mol. The van der Waals surface area contributed by atoms with Crippen LogP contribution in [0.1, 0.15) is 149 Å². The lowest BCUT2D eigenvalue weighted by atomic mass is 10.0. The summed E-state index contributed by atoms with van der Waals surface area (Å²) in [6, 6.07) is -0.873. The van der Waals surface area contributed by atoms with Crippen molar-refractivity contribution in [3.8, 4) is 0 Å². The molecule has 0 aliphatic heterocycles. The van der Waals surface area contributed by atoms with Crippen LogP contribution < -0.4 is 0 Å². The third kappa shape index (κ3) is 18.5. The number of carbonyl (C=O) groups is 1. The molecule has 0 bridgehead atoms. The highest BCUT2D eigenvalue weighted by molar-refractivity contribution is 5.72. The van der Waals surface area contributed by atoms with Crippen LogP contribution in [0, 0.1) is 0 Å². The van der Waals surface area contributed by atoms with E-state index in [2.05, 4.69) is 13.8 Å². The van der Waals surface area contributed by atoms with Gasteiger partial charge in [-0.3, -0.25) is 0 Å². The Hall–Kier alpha value is -0.770. The Kier molecular flexibility index (Phi) is 26.3. The number of carboxylic acid groups (broad SMARTS) is 1. The number of hydrogen-bond donors (Lipinski definition) is 5. The van der Waals surface area contributed by atoms with E-state index in [-0.39, 0.29) is 44.0 Å². The van der Waals surface area contributed by atoms with Crippen LogP contribution in [-0.2, 0) is 4.79 Å². The first-order valence-corrected chi connectivity index (χ1v) is 17.3. The topological polar surface area (TPSA) is 121 Å². The van der Waals surface area contributed by atoms with Crippen LogP contribution >= 0.6 is 0 Å². The van der Waals surface area contributed by atoms with E-state index in [1.165, 1.54) is 64.2 Å². The molecular weight excluding hydrogens is 520 g/mol. The van der Waals surface area contributed by atoms with Crippen LogP contribution in [-0.4, -0.2) is 98.7 Å². The van der Waals surface area contributed by atoms with Crippen LogP contribution in [0.15, 0.2) is 0 Å². The molecule has 8 nitrogen and oxygen atoms in total.